The Morgan fingerprint density at radius 3 is 1.91 bits per heavy atom. The molecule has 6 N–H and O–H groups in total. The molecule has 0 radical (unpaired) electrons. The molecular weight excluding hydrogens is 144 g/mol. The van der Waals surface area contributed by atoms with Crippen molar-refractivity contribution in [2.24, 2.45) is 17.2 Å². The van der Waals surface area contributed by atoms with Crippen LogP contribution < -0.4 is 17.2 Å². The van der Waals surface area contributed by atoms with Gasteiger partial charge in [0.2, 0.25) is 5.91 Å². The zero-order valence-corrected chi connectivity index (χ0v) is 6.62. The number of hydrogen-bond donors (Lipinski definition) is 3. The first-order chi connectivity index (χ1) is 5.20. The summed E-state index contributed by atoms with van der Waals surface area (Å²) in [5, 5.41) is 0. The standard InChI is InChI=1S/C6H16N4O/c7-1-3-10(4-2-8)5-6(9)11/h1-5,7-8H2,(H2,9,11). The quantitative estimate of drug-likeness (QED) is 0.406. The van der Waals surface area contributed by atoms with E-state index >= 15 is 0 Å². The van der Waals surface area contributed by atoms with Crippen LogP contribution in [-0.4, -0.2) is 43.5 Å². The lowest BCUT2D eigenvalue weighted by Gasteiger charge is -2.17. The molecule has 0 aliphatic heterocycles. The predicted molar refractivity (Wildman–Crippen MR) is 43.7 cm³/mol. The molecule has 0 aromatic rings. The molecule has 0 spiro atoms. The molecule has 0 atom stereocenters. The summed E-state index contributed by atoms with van der Waals surface area (Å²) in [5.74, 6) is -0.341. The van der Waals surface area contributed by atoms with Crippen LogP contribution in [0.1, 0.15) is 0 Å². The summed E-state index contributed by atoms with van der Waals surface area (Å²) in [4.78, 5) is 12.3. The molecule has 0 aromatic carbocycles. The van der Waals surface area contributed by atoms with Gasteiger partial charge in [0.15, 0.2) is 0 Å². The first-order valence-electron chi connectivity index (χ1n) is 3.61. The number of primary amides is 1. The highest BCUT2D eigenvalue weighted by Crippen LogP contribution is 1.83. The minimum atomic E-state index is -0.341. The third kappa shape index (κ3) is 5.78. The van der Waals surface area contributed by atoms with Gasteiger partial charge in [0.25, 0.3) is 0 Å². The second-order valence-electron chi connectivity index (χ2n) is 2.32. The van der Waals surface area contributed by atoms with Gasteiger partial charge in [-0.2, -0.15) is 0 Å². The first-order valence-corrected chi connectivity index (χ1v) is 3.61. The Hall–Kier alpha value is -0.650. The van der Waals surface area contributed by atoms with E-state index in [1.807, 2.05) is 4.90 Å². The Labute approximate surface area is 66.5 Å². The van der Waals surface area contributed by atoms with E-state index in [1.54, 1.807) is 0 Å². The van der Waals surface area contributed by atoms with Crippen molar-refractivity contribution in [1.82, 2.24) is 4.90 Å². The van der Waals surface area contributed by atoms with Crippen molar-refractivity contribution in [3.8, 4) is 0 Å². The van der Waals surface area contributed by atoms with Crippen LogP contribution in [-0.2, 0) is 4.79 Å². The second-order valence-corrected chi connectivity index (χ2v) is 2.32. The summed E-state index contributed by atoms with van der Waals surface area (Å²) in [6.07, 6.45) is 0. The van der Waals surface area contributed by atoms with Crippen LogP contribution >= 0.6 is 0 Å². The van der Waals surface area contributed by atoms with Crippen LogP contribution in [0.25, 0.3) is 0 Å². The van der Waals surface area contributed by atoms with Crippen molar-refractivity contribution in [3.63, 3.8) is 0 Å². The lowest BCUT2D eigenvalue weighted by atomic mass is 10.4. The van der Waals surface area contributed by atoms with E-state index in [1.165, 1.54) is 0 Å². The van der Waals surface area contributed by atoms with Crippen molar-refractivity contribution in [2.75, 3.05) is 32.7 Å². The number of nitrogens with two attached hydrogens (primary N) is 3. The highest BCUT2D eigenvalue weighted by molar-refractivity contribution is 5.75. The second kappa shape index (κ2) is 6.09. The van der Waals surface area contributed by atoms with Crippen molar-refractivity contribution in [3.05, 3.63) is 0 Å². The number of hydrogen-bond acceptors (Lipinski definition) is 4. The predicted octanol–water partition coefficient (Wildman–Crippen LogP) is -2.31. The Balaban J connectivity index is 3.59. The summed E-state index contributed by atoms with van der Waals surface area (Å²) in [5.41, 5.74) is 15.6. The van der Waals surface area contributed by atoms with E-state index < -0.39 is 0 Å². The lowest BCUT2D eigenvalue weighted by molar-refractivity contribution is -0.119. The largest absolute Gasteiger partial charge is 0.369 e. The van der Waals surface area contributed by atoms with Gasteiger partial charge in [-0.3, -0.25) is 9.69 Å². The van der Waals surface area contributed by atoms with E-state index in [2.05, 4.69) is 0 Å². The topological polar surface area (TPSA) is 98.4 Å². The van der Waals surface area contributed by atoms with E-state index in [4.69, 9.17) is 17.2 Å². The van der Waals surface area contributed by atoms with Gasteiger partial charge in [-0.15, -0.1) is 0 Å². The van der Waals surface area contributed by atoms with Gasteiger partial charge in [0.1, 0.15) is 0 Å². The van der Waals surface area contributed by atoms with Crippen LogP contribution in [0.15, 0.2) is 0 Å². The fourth-order valence-corrected chi connectivity index (χ4v) is 0.855. The molecule has 66 valence electrons. The summed E-state index contributed by atoms with van der Waals surface area (Å²) in [6.45, 7) is 2.62. The number of rotatable bonds is 6. The Morgan fingerprint density at radius 1 is 1.18 bits per heavy atom. The third-order valence-corrected chi connectivity index (χ3v) is 1.27. The van der Waals surface area contributed by atoms with Crippen LogP contribution in [0, 0.1) is 0 Å². The maximum Gasteiger partial charge on any atom is 0.231 e. The smallest absolute Gasteiger partial charge is 0.231 e. The molecule has 5 heteroatoms. The van der Waals surface area contributed by atoms with Crippen molar-refractivity contribution in [1.29, 1.82) is 0 Å². The molecule has 0 saturated heterocycles. The molecule has 11 heavy (non-hydrogen) atoms. The molecule has 0 aromatic heterocycles. The third-order valence-electron chi connectivity index (χ3n) is 1.27. The maximum atomic E-state index is 10.5. The SMILES string of the molecule is NCCN(CCN)CC(N)=O. The van der Waals surface area contributed by atoms with Gasteiger partial charge in [-0.25, -0.2) is 0 Å². The summed E-state index contributed by atoms with van der Waals surface area (Å²) >= 11 is 0. The molecular formula is C6H16N4O. The Bertz CT molecular complexity index is 111. The fourth-order valence-electron chi connectivity index (χ4n) is 0.855. The Morgan fingerprint density at radius 2 is 1.64 bits per heavy atom. The molecule has 0 aliphatic rings. The minimum absolute atomic E-state index is 0.244. The zero-order valence-electron chi connectivity index (χ0n) is 6.62. The van der Waals surface area contributed by atoms with Gasteiger partial charge < -0.3 is 17.2 Å². The molecule has 0 rings (SSSR count). The zero-order chi connectivity index (χ0) is 8.69. The van der Waals surface area contributed by atoms with E-state index in [0.717, 1.165) is 0 Å². The normalized spacial score (nSPS) is 10.5. The molecule has 1 amide bonds. The van der Waals surface area contributed by atoms with Gasteiger partial charge in [-0.05, 0) is 0 Å². The van der Waals surface area contributed by atoms with Crippen molar-refractivity contribution in [2.45, 2.75) is 0 Å². The number of amides is 1. The monoisotopic (exact) mass is 160 g/mol. The molecule has 0 unspecified atom stereocenters. The number of carbonyl (C=O) groups is 1. The molecule has 0 fully saturated rings. The summed E-state index contributed by atoms with van der Waals surface area (Å²) < 4.78 is 0. The lowest BCUT2D eigenvalue weighted by Crippen LogP contribution is -2.39. The van der Waals surface area contributed by atoms with Gasteiger partial charge >= 0.3 is 0 Å². The number of nitrogens with zero attached hydrogens (tertiary/aromatic N) is 1. The van der Waals surface area contributed by atoms with Gasteiger partial charge in [-0.1, -0.05) is 0 Å². The molecule has 5 nitrogen and oxygen atoms in total. The van der Waals surface area contributed by atoms with E-state index in [9.17, 15) is 4.79 Å². The molecule has 0 aliphatic carbocycles. The fraction of sp³-hybridized carbons (Fsp3) is 0.833. The molecule has 0 bridgehead atoms. The minimum Gasteiger partial charge on any atom is -0.369 e. The maximum absolute atomic E-state index is 10.5. The average molecular weight is 160 g/mol. The molecule has 0 saturated carbocycles. The van der Waals surface area contributed by atoms with Gasteiger partial charge in [0.05, 0.1) is 6.54 Å². The van der Waals surface area contributed by atoms with Crippen molar-refractivity contribution >= 4 is 5.91 Å². The highest BCUT2D eigenvalue weighted by atomic mass is 16.1. The van der Waals surface area contributed by atoms with Crippen LogP contribution in [0.3, 0.4) is 0 Å². The highest BCUT2D eigenvalue weighted by Gasteiger charge is 2.04. The van der Waals surface area contributed by atoms with Crippen LogP contribution in [0.5, 0.6) is 0 Å². The van der Waals surface area contributed by atoms with Crippen LogP contribution in [0.2, 0.25) is 0 Å². The van der Waals surface area contributed by atoms with Crippen molar-refractivity contribution < 1.29 is 4.79 Å². The van der Waals surface area contributed by atoms with E-state index in [0.29, 0.717) is 26.2 Å². The number of carbonyl (C=O) groups excluding carboxylic acids is 1. The summed E-state index contributed by atoms with van der Waals surface area (Å²) in [6, 6.07) is 0. The first kappa shape index (κ1) is 10.3. The van der Waals surface area contributed by atoms with E-state index in [-0.39, 0.29) is 12.5 Å². The average Bonchev–Trinajstić information content (AvgIpc) is 1.87. The Kier molecular flexibility index (Phi) is 5.73. The summed E-state index contributed by atoms with van der Waals surface area (Å²) in [7, 11) is 0. The molecule has 0 heterocycles. The van der Waals surface area contributed by atoms with Crippen LogP contribution in [0.4, 0.5) is 0 Å². The van der Waals surface area contributed by atoms with Gasteiger partial charge in [0, 0.05) is 26.2 Å².